The number of carboxylic acids is 1. The molecule has 2 unspecified atom stereocenters. The number of rotatable bonds is 4. The van der Waals surface area contributed by atoms with Crippen LogP contribution in [0.25, 0.3) is 0 Å². The third kappa shape index (κ3) is 2.87. The number of benzene rings is 1. The van der Waals surface area contributed by atoms with Crippen molar-refractivity contribution in [3.8, 4) is 0 Å². The second-order valence-electron chi connectivity index (χ2n) is 5.08. The fourth-order valence-electron chi connectivity index (χ4n) is 2.52. The molecule has 6 heteroatoms. The number of furan rings is 1. The zero-order valence-corrected chi connectivity index (χ0v) is 11.7. The Morgan fingerprint density at radius 2 is 2.00 bits per heavy atom. The monoisotopic (exact) mass is 301 g/mol. The Bertz CT molecular complexity index is 679. The van der Waals surface area contributed by atoms with E-state index in [2.05, 4.69) is 5.32 Å². The molecule has 0 radical (unpaired) electrons. The quantitative estimate of drug-likeness (QED) is 0.904. The zero-order chi connectivity index (χ0) is 15.5. The summed E-state index contributed by atoms with van der Waals surface area (Å²) in [5, 5.41) is 11.7. The predicted octanol–water partition coefficient (Wildman–Crippen LogP) is 2.24. The first-order valence-electron chi connectivity index (χ1n) is 6.94. The lowest BCUT2D eigenvalue weighted by Gasteiger charge is -2.19. The highest BCUT2D eigenvalue weighted by Gasteiger charge is 2.31. The van der Waals surface area contributed by atoms with Crippen LogP contribution in [0, 0.1) is 0 Å². The molecule has 22 heavy (non-hydrogen) atoms. The molecule has 1 aliphatic rings. The van der Waals surface area contributed by atoms with Gasteiger partial charge in [-0.2, -0.15) is 0 Å². The molecule has 2 N–H and O–H groups in total. The molecule has 1 aromatic carbocycles. The number of hydrogen-bond acceptors (Lipinski definition) is 4. The summed E-state index contributed by atoms with van der Waals surface area (Å²) in [5.41, 5.74) is 0.948. The molecule has 6 nitrogen and oxygen atoms in total. The Balaban J connectivity index is 1.71. The van der Waals surface area contributed by atoms with Crippen molar-refractivity contribution in [2.24, 2.45) is 0 Å². The molecule has 0 bridgehead atoms. The van der Waals surface area contributed by atoms with E-state index in [1.807, 2.05) is 30.3 Å². The first kappa shape index (κ1) is 14.3. The lowest BCUT2D eigenvalue weighted by molar-refractivity contribution is 0.0695. The van der Waals surface area contributed by atoms with Crippen molar-refractivity contribution < 1.29 is 23.8 Å². The van der Waals surface area contributed by atoms with Gasteiger partial charge in [0, 0.05) is 12.7 Å². The van der Waals surface area contributed by atoms with E-state index in [1.54, 1.807) is 0 Å². The van der Waals surface area contributed by atoms with Crippen molar-refractivity contribution in [2.45, 2.75) is 18.6 Å². The summed E-state index contributed by atoms with van der Waals surface area (Å²) in [4.78, 5) is 23.0. The number of carbonyl (C=O) groups excluding carboxylic acids is 1. The SMILES string of the molecule is O=C(O)c1coc(C(=O)NC2CCOC2c2ccccc2)c1. The van der Waals surface area contributed by atoms with Gasteiger partial charge in [0.2, 0.25) is 0 Å². The van der Waals surface area contributed by atoms with E-state index >= 15 is 0 Å². The summed E-state index contributed by atoms with van der Waals surface area (Å²) in [6.07, 6.45) is 1.54. The lowest BCUT2D eigenvalue weighted by atomic mass is 10.0. The van der Waals surface area contributed by atoms with Crippen LogP contribution in [0.15, 0.2) is 47.1 Å². The van der Waals surface area contributed by atoms with E-state index in [9.17, 15) is 9.59 Å². The van der Waals surface area contributed by atoms with Gasteiger partial charge in [0.05, 0.1) is 11.6 Å². The molecular weight excluding hydrogens is 286 g/mol. The number of carbonyl (C=O) groups is 2. The summed E-state index contributed by atoms with van der Waals surface area (Å²) in [5.74, 6) is -1.59. The minimum absolute atomic E-state index is 0.0175. The number of ether oxygens (including phenoxy) is 1. The molecule has 1 saturated heterocycles. The Morgan fingerprint density at radius 1 is 1.23 bits per heavy atom. The minimum atomic E-state index is -1.13. The van der Waals surface area contributed by atoms with Gasteiger partial charge in [-0.3, -0.25) is 4.79 Å². The van der Waals surface area contributed by atoms with Crippen LogP contribution in [0.1, 0.15) is 39.0 Å². The van der Waals surface area contributed by atoms with Gasteiger partial charge in [-0.1, -0.05) is 30.3 Å². The van der Waals surface area contributed by atoms with Crippen LogP contribution in [0.5, 0.6) is 0 Å². The molecule has 0 saturated carbocycles. The van der Waals surface area contributed by atoms with Crippen LogP contribution in [0.3, 0.4) is 0 Å². The van der Waals surface area contributed by atoms with Gasteiger partial charge in [0.25, 0.3) is 5.91 Å². The second-order valence-corrected chi connectivity index (χ2v) is 5.08. The van der Waals surface area contributed by atoms with Crippen molar-refractivity contribution in [1.82, 2.24) is 5.32 Å². The number of amides is 1. The molecule has 1 aromatic heterocycles. The molecule has 1 amide bonds. The molecule has 1 fully saturated rings. The molecule has 114 valence electrons. The molecule has 1 aliphatic heterocycles. The molecular formula is C16H15NO5. The van der Waals surface area contributed by atoms with Crippen molar-refractivity contribution in [1.29, 1.82) is 0 Å². The smallest absolute Gasteiger partial charge is 0.338 e. The van der Waals surface area contributed by atoms with Crippen LogP contribution in [-0.4, -0.2) is 29.6 Å². The Hall–Kier alpha value is -2.60. The van der Waals surface area contributed by atoms with E-state index in [0.717, 1.165) is 11.8 Å². The third-order valence-corrected chi connectivity index (χ3v) is 3.61. The maximum atomic E-state index is 12.2. The van der Waals surface area contributed by atoms with Crippen LogP contribution >= 0.6 is 0 Å². The summed E-state index contributed by atoms with van der Waals surface area (Å²) in [6, 6.07) is 10.7. The van der Waals surface area contributed by atoms with Crippen molar-refractivity contribution in [3.63, 3.8) is 0 Å². The molecule has 2 heterocycles. The summed E-state index contributed by atoms with van der Waals surface area (Å²) in [6.45, 7) is 0.559. The maximum absolute atomic E-state index is 12.2. The van der Waals surface area contributed by atoms with Crippen LogP contribution in [0.2, 0.25) is 0 Å². The van der Waals surface area contributed by atoms with Crippen molar-refractivity contribution in [2.75, 3.05) is 6.61 Å². The van der Waals surface area contributed by atoms with Gasteiger partial charge in [0.15, 0.2) is 5.76 Å². The van der Waals surface area contributed by atoms with Gasteiger partial charge in [-0.25, -0.2) is 4.79 Å². The standard InChI is InChI=1S/C16H15NO5/c18-15(13-8-11(9-22-13)16(19)20)17-12-6-7-21-14(12)10-4-2-1-3-5-10/h1-5,8-9,12,14H,6-7H2,(H,17,18)(H,19,20). The first-order chi connectivity index (χ1) is 10.6. The molecule has 0 spiro atoms. The van der Waals surface area contributed by atoms with E-state index < -0.39 is 11.9 Å². The average molecular weight is 301 g/mol. The van der Waals surface area contributed by atoms with Crippen LogP contribution < -0.4 is 5.32 Å². The molecule has 0 aliphatic carbocycles. The van der Waals surface area contributed by atoms with Gasteiger partial charge >= 0.3 is 5.97 Å². The van der Waals surface area contributed by atoms with E-state index in [-0.39, 0.29) is 23.5 Å². The maximum Gasteiger partial charge on any atom is 0.338 e. The highest BCUT2D eigenvalue weighted by Crippen LogP contribution is 2.29. The van der Waals surface area contributed by atoms with Crippen LogP contribution in [-0.2, 0) is 4.74 Å². The summed E-state index contributed by atoms with van der Waals surface area (Å²) in [7, 11) is 0. The highest BCUT2D eigenvalue weighted by atomic mass is 16.5. The Kier molecular flexibility index (Phi) is 3.93. The Morgan fingerprint density at radius 3 is 2.68 bits per heavy atom. The number of aromatic carboxylic acids is 1. The number of nitrogens with one attached hydrogen (secondary N) is 1. The number of carboxylic acid groups (broad SMARTS) is 1. The van der Waals surface area contributed by atoms with Gasteiger partial charge in [-0.05, 0) is 12.0 Å². The molecule has 2 atom stereocenters. The van der Waals surface area contributed by atoms with Gasteiger partial charge in [0.1, 0.15) is 12.4 Å². The van der Waals surface area contributed by atoms with Gasteiger partial charge < -0.3 is 19.6 Å². The second kappa shape index (κ2) is 6.03. The highest BCUT2D eigenvalue weighted by molar-refractivity contribution is 5.95. The van der Waals surface area contributed by atoms with E-state index in [4.69, 9.17) is 14.3 Å². The van der Waals surface area contributed by atoms with Crippen LogP contribution in [0.4, 0.5) is 0 Å². The predicted molar refractivity (Wildman–Crippen MR) is 76.7 cm³/mol. The van der Waals surface area contributed by atoms with E-state index in [1.165, 1.54) is 6.07 Å². The first-order valence-corrected chi connectivity index (χ1v) is 6.94. The summed E-state index contributed by atoms with van der Waals surface area (Å²) < 4.78 is 10.7. The minimum Gasteiger partial charge on any atom is -0.478 e. The normalized spacial score (nSPS) is 20.7. The fourth-order valence-corrected chi connectivity index (χ4v) is 2.52. The van der Waals surface area contributed by atoms with Crippen molar-refractivity contribution >= 4 is 11.9 Å². The summed E-state index contributed by atoms with van der Waals surface area (Å²) >= 11 is 0. The molecule has 2 aromatic rings. The van der Waals surface area contributed by atoms with E-state index in [0.29, 0.717) is 13.0 Å². The Labute approximate surface area is 126 Å². The average Bonchev–Trinajstić information content (AvgIpc) is 3.17. The lowest BCUT2D eigenvalue weighted by Crippen LogP contribution is -2.36. The topological polar surface area (TPSA) is 88.8 Å². The third-order valence-electron chi connectivity index (χ3n) is 3.61. The number of hydrogen-bond donors (Lipinski definition) is 2. The van der Waals surface area contributed by atoms with Gasteiger partial charge in [-0.15, -0.1) is 0 Å². The van der Waals surface area contributed by atoms with Crippen molar-refractivity contribution in [3.05, 3.63) is 59.5 Å². The zero-order valence-electron chi connectivity index (χ0n) is 11.7. The fraction of sp³-hybridized carbons (Fsp3) is 0.250. The molecule has 3 rings (SSSR count). The largest absolute Gasteiger partial charge is 0.478 e.